The van der Waals surface area contributed by atoms with Crippen LogP contribution in [-0.2, 0) is 9.31 Å². The fourth-order valence-corrected chi connectivity index (χ4v) is 5.45. The first-order valence-corrected chi connectivity index (χ1v) is 15.3. The van der Waals surface area contributed by atoms with Crippen molar-refractivity contribution < 1.29 is 9.31 Å². The molecule has 0 saturated carbocycles. The third-order valence-electron chi connectivity index (χ3n) is 8.81. The largest absolute Gasteiger partial charge is 0.494 e. The molecule has 1 aliphatic heterocycles. The van der Waals surface area contributed by atoms with Crippen molar-refractivity contribution in [3.05, 3.63) is 133 Å². The van der Waals surface area contributed by atoms with Gasteiger partial charge in [0.15, 0.2) is 17.5 Å². The Morgan fingerprint density at radius 1 is 0.400 bits per heavy atom. The first kappa shape index (κ1) is 28.8. The second-order valence-electron chi connectivity index (χ2n) is 12.4. The SMILES string of the molecule is CC1(C)OB(c2cccc(-c3nc(-c4ccc(-c5ccccc5)cc4)nc(-c4ccc(-c5ccccc5)cc4)n3)c2)OC1(C)C. The Morgan fingerprint density at radius 2 is 0.756 bits per heavy atom. The predicted octanol–water partition coefficient (Wildman–Crippen LogP) is 8.51. The first-order chi connectivity index (χ1) is 21.8. The van der Waals surface area contributed by atoms with Crippen LogP contribution in [-0.4, -0.2) is 33.3 Å². The van der Waals surface area contributed by atoms with Gasteiger partial charge in [0.1, 0.15) is 0 Å². The second kappa shape index (κ2) is 11.5. The molecule has 7 rings (SSSR count). The molecule has 45 heavy (non-hydrogen) atoms. The molecule has 0 unspecified atom stereocenters. The zero-order valence-corrected chi connectivity index (χ0v) is 25.9. The van der Waals surface area contributed by atoms with E-state index in [-0.39, 0.29) is 0 Å². The van der Waals surface area contributed by atoms with Crippen molar-refractivity contribution >= 4 is 12.6 Å². The Morgan fingerprint density at radius 3 is 1.20 bits per heavy atom. The minimum atomic E-state index is -0.480. The van der Waals surface area contributed by atoms with Crippen LogP contribution in [0.1, 0.15) is 27.7 Å². The fourth-order valence-electron chi connectivity index (χ4n) is 5.45. The maximum atomic E-state index is 6.35. The summed E-state index contributed by atoms with van der Waals surface area (Å²) in [5, 5.41) is 0. The van der Waals surface area contributed by atoms with Crippen LogP contribution >= 0.6 is 0 Å². The average Bonchev–Trinajstić information content (AvgIpc) is 3.31. The summed E-state index contributed by atoms with van der Waals surface area (Å²) >= 11 is 0. The second-order valence-corrected chi connectivity index (χ2v) is 12.4. The van der Waals surface area contributed by atoms with Gasteiger partial charge in [-0.05, 0) is 55.4 Å². The maximum Gasteiger partial charge on any atom is 0.494 e. The number of nitrogens with zero attached hydrogens (tertiary/aromatic N) is 3. The van der Waals surface area contributed by atoms with E-state index in [1.165, 1.54) is 11.1 Å². The van der Waals surface area contributed by atoms with Gasteiger partial charge in [0.25, 0.3) is 0 Å². The molecule has 5 nitrogen and oxygen atoms in total. The Labute approximate surface area is 265 Å². The van der Waals surface area contributed by atoms with E-state index < -0.39 is 18.3 Å². The monoisotopic (exact) mass is 587 g/mol. The standard InChI is InChI=1S/C39H34BN3O2/c1-38(2)39(3,4)45-40(44-38)34-17-11-16-33(26-34)37-42-35(31-22-18-29(19-23-31)27-12-7-5-8-13-27)41-36(43-37)32-24-20-30(21-25-32)28-14-9-6-10-15-28/h5-26H,1-4H3. The zero-order valence-electron chi connectivity index (χ0n) is 25.9. The van der Waals surface area contributed by atoms with Crippen molar-refractivity contribution in [2.24, 2.45) is 0 Å². The molecule has 0 radical (unpaired) electrons. The van der Waals surface area contributed by atoms with Gasteiger partial charge >= 0.3 is 7.12 Å². The maximum absolute atomic E-state index is 6.35. The lowest BCUT2D eigenvalue weighted by atomic mass is 9.78. The van der Waals surface area contributed by atoms with Crippen LogP contribution in [0.4, 0.5) is 0 Å². The number of aromatic nitrogens is 3. The van der Waals surface area contributed by atoms with Crippen molar-refractivity contribution in [1.29, 1.82) is 0 Å². The van der Waals surface area contributed by atoms with Gasteiger partial charge in [-0.2, -0.15) is 0 Å². The Hall–Kier alpha value is -4.91. The highest BCUT2D eigenvalue weighted by Gasteiger charge is 2.51. The van der Waals surface area contributed by atoms with Crippen LogP contribution in [0.5, 0.6) is 0 Å². The molecule has 1 aromatic heterocycles. The van der Waals surface area contributed by atoms with E-state index in [0.29, 0.717) is 17.5 Å². The van der Waals surface area contributed by atoms with Crippen molar-refractivity contribution in [2.45, 2.75) is 38.9 Å². The van der Waals surface area contributed by atoms with Gasteiger partial charge < -0.3 is 9.31 Å². The van der Waals surface area contributed by atoms with E-state index in [1.807, 2.05) is 30.3 Å². The number of rotatable bonds is 6. The molecule has 6 heteroatoms. The Bertz CT molecular complexity index is 1820. The van der Waals surface area contributed by atoms with E-state index in [0.717, 1.165) is 33.3 Å². The molecule has 6 aromatic rings. The number of benzene rings is 5. The lowest BCUT2D eigenvalue weighted by molar-refractivity contribution is 0.00578. The van der Waals surface area contributed by atoms with Crippen molar-refractivity contribution in [3.63, 3.8) is 0 Å². The highest BCUT2D eigenvalue weighted by Crippen LogP contribution is 2.37. The van der Waals surface area contributed by atoms with Crippen LogP contribution in [0, 0.1) is 0 Å². The first-order valence-electron chi connectivity index (χ1n) is 15.3. The third-order valence-corrected chi connectivity index (χ3v) is 8.81. The molecule has 0 spiro atoms. The lowest BCUT2D eigenvalue weighted by Gasteiger charge is -2.32. The van der Waals surface area contributed by atoms with Gasteiger partial charge in [-0.15, -0.1) is 0 Å². The normalized spacial score (nSPS) is 15.2. The van der Waals surface area contributed by atoms with Gasteiger partial charge in [0.2, 0.25) is 0 Å². The van der Waals surface area contributed by atoms with E-state index in [4.69, 9.17) is 24.3 Å². The topological polar surface area (TPSA) is 57.1 Å². The minimum absolute atomic E-state index is 0.432. The third kappa shape index (κ3) is 5.83. The van der Waals surface area contributed by atoms with E-state index in [2.05, 4.69) is 131 Å². The number of hydrogen-bond acceptors (Lipinski definition) is 5. The molecule has 1 fully saturated rings. The molecule has 5 aromatic carbocycles. The molecular formula is C39H34BN3O2. The van der Waals surface area contributed by atoms with Crippen molar-refractivity contribution in [1.82, 2.24) is 15.0 Å². The summed E-state index contributed by atoms with van der Waals surface area (Å²) in [6.07, 6.45) is 0. The summed E-state index contributed by atoms with van der Waals surface area (Å²) in [6, 6.07) is 45.6. The molecule has 0 atom stereocenters. The lowest BCUT2D eigenvalue weighted by Crippen LogP contribution is -2.41. The molecule has 1 saturated heterocycles. The summed E-state index contributed by atoms with van der Waals surface area (Å²) in [5.41, 5.74) is 7.38. The van der Waals surface area contributed by atoms with Gasteiger partial charge in [0, 0.05) is 16.7 Å². The van der Waals surface area contributed by atoms with Crippen molar-refractivity contribution in [3.8, 4) is 56.4 Å². The Balaban J connectivity index is 1.29. The van der Waals surface area contributed by atoms with Crippen LogP contribution in [0.15, 0.2) is 133 Å². The zero-order chi connectivity index (χ0) is 31.0. The average molecular weight is 588 g/mol. The van der Waals surface area contributed by atoms with Crippen LogP contribution in [0.3, 0.4) is 0 Å². The highest BCUT2D eigenvalue weighted by molar-refractivity contribution is 6.62. The fraction of sp³-hybridized carbons (Fsp3) is 0.154. The van der Waals surface area contributed by atoms with Crippen LogP contribution < -0.4 is 5.46 Å². The summed E-state index contributed by atoms with van der Waals surface area (Å²) < 4.78 is 12.7. The molecule has 0 N–H and O–H groups in total. The summed E-state index contributed by atoms with van der Waals surface area (Å²) in [6.45, 7) is 8.25. The minimum Gasteiger partial charge on any atom is -0.399 e. The molecule has 2 heterocycles. The quantitative estimate of drug-likeness (QED) is 0.183. The van der Waals surface area contributed by atoms with Gasteiger partial charge in [-0.1, -0.05) is 133 Å². The van der Waals surface area contributed by atoms with Gasteiger partial charge in [-0.25, -0.2) is 15.0 Å². The number of hydrogen-bond donors (Lipinski definition) is 0. The van der Waals surface area contributed by atoms with Crippen molar-refractivity contribution in [2.75, 3.05) is 0 Å². The molecule has 220 valence electrons. The predicted molar refractivity (Wildman–Crippen MR) is 183 cm³/mol. The molecule has 0 amide bonds. The van der Waals surface area contributed by atoms with Gasteiger partial charge in [0.05, 0.1) is 11.2 Å². The summed E-state index contributed by atoms with van der Waals surface area (Å²) in [4.78, 5) is 14.9. The molecule has 1 aliphatic rings. The van der Waals surface area contributed by atoms with E-state index in [9.17, 15) is 0 Å². The highest BCUT2D eigenvalue weighted by atomic mass is 16.7. The van der Waals surface area contributed by atoms with Crippen LogP contribution in [0.25, 0.3) is 56.4 Å². The molecule has 0 bridgehead atoms. The summed E-state index contributed by atoms with van der Waals surface area (Å²) in [7, 11) is -0.480. The van der Waals surface area contributed by atoms with E-state index in [1.54, 1.807) is 0 Å². The molecule has 0 aliphatic carbocycles. The van der Waals surface area contributed by atoms with E-state index >= 15 is 0 Å². The summed E-state index contributed by atoms with van der Waals surface area (Å²) in [5.74, 6) is 1.82. The smallest absolute Gasteiger partial charge is 0.399 e. The Kier molecular flexibility index (Phi) is 7.40. The molecular weight excluding hydrogens is 553 g/mol. The van der Waals surface area contributed by atoms with Crippen LogP contribution in [0.2, 0.25) is 0 Å². The van der Waals surface area contributed by atoms with Gasteiger partial charge in [-0.3, -0.25) is 0 Å².